The molecule has 0 spiro atoms. The summed E-state index contributed by atoms with van der Waals surface area (Å²) in [5, 5.41) is 28.9. The van der Waals surface area contributed by atoms with E-state index in [9.17, 15) is 19.8 Å². The van der Waals surface area contributed by atoms with Gasteiger partial charge in [0.2, 0.25) is 0 Å². The number of hydrogen-bond donors (Lipinski definition) is 3. The minimum atomic E-state index is -0.951. The second kappa shape index (κ2) is 13.2. The molecule has 1 saturated carbocycles. The summed E-state index contributed by atoms with van der Waals surface area (Å²) in [4.78, 5) is 22.7. The van der Waals surface area contributed by atoms with Gasteiger partial charge in [0.1, 0.15) is 5.78 Å². The van der Waals surface area contributed by atoms with E-state index in [0.717, 1.165) is 19.3 Å². The summed E-state index contributed by atoms with van der Waals surface area (Å²) in [6.45, 7) is 2.10. The standard InChI is InChI=1S/C22H32O5/c1-2-3-4-5-6-7-8-9-10-11-17(23)12-13-18-19(14-15-22(26)27)21(25)16-20(18)24/h3-4,6-7,9-10,12-13,17-20,23-24H,2,5,8,11,14-16H2,1H3,(H,26,27)/b4-3-,7-6+,10-9-,13-12+/t17-,18+,19-,20-/m0/s1. The van der Waals surface area contributed by atoms with Gasteiger partial charge in [-0.3, -0.25) is 9.59 Å². The highest BCUT2D eigenvalue weighted by Gasteiger charge is 2.39. The summed E-state index contributed by atoms with van der Waals surface area (Å²) in [5.74, 6) is -1.96. The normalized spacial score (nSPS) is 24.9. The molecule has 3 N–H and O–H groups in total. The van der Waals surface area contributed by atoms with Gasteiger partial charge in [-0.25, -0.2) is 0 Å². The minimum Gasteiger partial charge on any atom is -0.481 e. The Kier molecular flexibility index (Phi) is 11.3. The second-order valence-electron chi connectivity index (χ2n) is 6.84. The molecule has 0 amide bonds. The first-order chi connectivity index (χ1) is 13.0. The van der Waals surface area contributed by atoms with Crippen molar-refractivity contribution in [2.75, 3.05) is 0 Å². The zero-order chi connectivity index (χ0) is 20.1. The molecule has 0 unspecified atom stereocenters. The molecular formula is C22H32O5. The second-order valence-corrected chi connectivity index (χ2v) is 6.84. The van der Waals surface area contributed by atoms with Crippen molar-refractivity contribution in [1.82, 2.24) is 0 Å². The van der Waals surface area contributed by atoms with E-state index in [-0.39, 0.29) is 25.0 Å². The Morgan fingerprint density at radius 2 is 1.78 bits per heavy atom. The third-order valence-corrected chi connectivity index (χ3v) is 4.62. The van der Waals surface area contributed by atoms with Gasteiger partial charge < -0.3 is 15.3 Å². The van der Waals surface area contributed by atoms with Crippen molar-refractivity contribution >= 4 is 11.8 Å². The van der Waals surface area contributed by atoms with Crippen molar-refractivity contribution in [2.45, 2.75) is 64.1 Å². The van der Waals surface area contributed by atoms with Crippen molar-refractivity contribution in [3.8, 4) is 0 Å². The number of aliphatic hydroxyl groups is 2. The van der Waals surface area contributed by atoms with E-state index in [1.54, 1.807) is 12.2 Å². The molecule has 0 radical (unpaired) electrons. The van der Waals surface area contributed by atoms with Crippen LogP contribution in [0.3, 0.4) is 0 Å². The number of aliphatic hydroxyl groups excluding tert-OH is 2. The Bertz CT molecular complexity index is 573. The number of carbonyl (C=O) groups excluding carboxylic acids is 1. The topological polar surface area (TPSA) is 94.8 Å². The number of rotatable bonds is 12. The van der Waals surface area contributed by atoms with Gasteiger partial charge in [0.25, 0.3) is 0 Å². The maximum absolute atomic E-state index is 11.9. The SMILES string of the molecule is CC/C=C\C/C=C/C/C=C\C[C@H](O)/C=C/[C@@H]1[C@H](CCC(=O)O)C(=O)C[C@@H]1O. The summed E-state index contributed by atoms with van der Waals surface area (Å²) in [6.07, 6.45) is 17.5. The molecule has 5 nitrogen and oxygen atoms in total. The van der Waals surface area contributed by atoms with E-state index in [2.05, 4.69) is 31.2 Å². The van der Waals surface area contributed by atoms with Crippen molar-refractivity contribution in [1.29, 1.82) is 0 Å². The molecule has 0 heterocycles. The molecule has 0 bridgehead atoms. The number of carboxylic acid groups (broad SMARTS) is 1. The van der Waals surface area contributed by atoms with Crippen LogP contribution in [0, 0.1) is 11.8 Å². The third-order valence-electron chi connectivity index (χ3n) is 4.62. The Balaban J connectivity index is 2.40. The first-order valence-corrected chi connectivity index (χ1v) is 9.69. The summed E-state index contributed by atoms with van der Waals surface area (Å²) in [7, 11) is 0. The van der Waals surface area contributed by atoms with Crippen LogP contribution in [0.15, 0.2) is 48.6 Å². The molecule has 1 fully saturated rings. The zero-order valence-corrected chi connectivity index (χ0v) is 16.0. The molecule has 4 atom stereocenters. The highest BCUT2D eigenvalue weighted by atomic mass is 16.4. The van der Waals surface area contributed by atoms with Crippen molar-refractivity contribution < 1.29 is 24.9 Å². The summed E-state index contributed by atoms with van der Waals surface area (Å²) in [5.41, 5.74) is 0. The molecule has 0 aromatic rings. The first kappa shape index (κ1) is 23.1. The van der Waals surface area contributed by atoms with Crippen molar-refractivity contribution in [2.24, 2.45) is 11.8 Å². The average Bonchev–Trinajstić information content (AvgIpc) is 2.89. The molecule has 5 heteroatoms. The lowest BCUT2D eigenvalue weighted by molar-refractivity contribution is -0.137. The van der Waals surface area contributed by atoms with Crippen LogP contribution in [-0.4, -0.2) is 39.3 Å². The molecular weight excluding hydrogens is 344 g/mol. The highest BCUT2D eigenvalue weighted by Crippen LogP contribution is 2.33. The monoisotopic (exact) mass is 376 g/mol. The fraction of sp³-hybridized carbons (Fsp3) is 0.545. The minimum absolute atomic E-state index is 0.0507. The van der Waals surface area contributed by atoms with Gasteiger partial charge in [-0.1, -0.05) is 55.5 Å². The number of Topliss-reactive ketones (excluding diaryl/α,β-unsaturated/α-hetero) is 1. The van der Waals surface area contributed by atoms with Crippen LogP contribution in [0.1, 0.15) is 51.9 Å². The fourth-order valence-corrected chi connectivity index (χ4v) is 3.15. The Hall–Kier alpha value is -1.98. The third kappa shape index (κ3) is 9.50. The van der Waals surface area contributed by atoms with Crippen molar-refractivity contribution in [3.05, 3.63) is 48.6 Å². The predicted molar refractivity (Wildman–Crippen MR) is 106 cm³/mol. The predicted octanol–water partition coefficient (Wildman–Crippen LogP) is 3.58. The number of aliphatic carboxylic acids is 1. The van der Waals surface area contributed by atoms with Gasteiger partial charge in [-0.05, 0) is 32.1 Å². The summed E-state index contributed by atoms with van der Waals surface area (Å²) in [6, 6.07) is 0. The number of allylic oxidation sites excluding steroid dienone is 5. The number of carbonyl (C=O) groups is 2. The van der Waals surface area contributed by atoms with Crippen LogP contribution < -0.4 is 0 Å². The van der Waals surface area contributed by atoms with Crippen LogP contribution in [-0.2, 0) is 9.59 Å². The van der Waals surface area contributed by atoms with E-state index in [0.29, 0.717) is 6.42 Å². The molecule has 0 aromatic heterocycles. The molecule has 0 aliphatic heterocycles. The molecule has 1 aliphatic carbocycles. The van der Waals surface area contributed by atoms with E-state index in [1.165, 1.54) is 0 Å². The van der Waals surface area contributed by atoms with E-state index >= 15 is 0 Å². The molecule has 150 valence electrons. The van der Waals surface area contributed by atoms with Crippen molar-refractivity contribution in [3.63, 3.8) is 0 Å². The first-order valence-electron chi connectivity index (χ1n) is 9.69. The molecule has 1 aliphatic rings. The van der Waals surface area contributed by atoms with Crippen LogP contribution in [0.25, 0.3) is 0 Å². The smallest absolute Gasteiger partial charge is 0.303 e. The van der Waals surface area contributed by atoms with E-state index in [1.807, 2.05) is 12.2 Å². The Morgan fingerprint density at radius 3 is 2.41 bits per heavy atom. The van der Waals surface area contributed by atoms with Gasteiger partial charge in [0, 0.05) is 24.7 Å². The molecule has 27 heavy (non-hydrogen) atoms. The Morgan fingerprint density at radius 1 is 1.15 bits per heavy atom. The lowest BCUT2D eigenvalue weighted by Crippen LogP contribution is -2.20. The number of hydrogen-bond acceptors (Lipinski definition) is 4. The Labute approximate surface area is 161 Å². The van der Waals surface area contributed by atoms with Crippen LogP contribution in [0.4, 0.5) is 0 Å². The highest BCUT2D eigenvalue weighted by molar-refractivity contribution is 5.85. The average molecular weight is 376 g/mol. The summed E-state index contributed by atoms with van der Waals surface area (Å²) < 4.78 is 0. The number of carboxylic acids is 1. The van der Waals surface area contributed by atoms with Crippen LogP contribution in [0.2, 0.25) is 0 Å². The lowest BCUT2D eigenvalue weighted by Gasteiger charge is -2.17. The summed E-state index contributed by atoms with van der Waals surface area (Å²) >= 11 is 0. The van der Waals surface area contributed by atoms with E-state index in [4.69, 9.17) is 5.11 Å². The van der Waals surface area contributed by atoms with E-state index < -0.39 is 30.0 Å². The zero-order valence-electron chi connectivity index (χ0n) is 16.0. The van der Waals surface area contributed by atoms with Gasteiger partial charge in [0.05, 0.1) is 12.2 Å². The largest absolute Gasteiger partial charge is 0.481 e. The van der Waals surface area contributed by atoms with Crippen LogP contribution in [0.5, 0.6) is 0 Å². The van der Waals surface area contributed by atoms with Crippen LogP contribution >= 0.6 is 0 Å². The quantitative estimate of drug-likeness (QED) is 0.453. The molecule has 0 saturated heterocycles. The van der Waals surface area contributed by atoms with Gasteiger partial charge in [0.15, 0.2) is 0 Å². The molecule has 0 aromatic carbocycles. The fourth-order valence-electron chi connectivity index (χ4n) is 3.15. The number of ketones is 1. The maximum Gasteiger partial charge on any atom is 0.303 e. The molecule has 1 rings (SSSR count). The van der Waals surface area contributed by atoms with Gasteiger partial charge >= 0.3 is 5.97 Å². The van der Waals surface area contributed by atoms with Gasteiger partial charge in [-0.15, -0.1) is 0 Å². The lowest BCUT2D eigenvalue weighted by atomic mass is 9.89. The van der Waals surface area contributed by atoms with Gasteiger partial charge in [-0.2, -0.15) is 0 Å². The maximum atomic E-state index is 11.9.